The third-order valence-corrected chi connectivity index (χ3v) is 4.47. The number of hydrogen-bond acceptors (Lipinski definition) is 5. The lowest BCUT2D eigenvalue weighted by Crippen LogP contribution is -2.39. The van der Waals surface area contributed by atoms with Gasteiger partial charge in [0.25, 0.3) is 0 Å². The van der Waals surface area contributed by atoms with Crippen molar-refractivity contribution in [2.24, 2.45) is 5.92 Å². The van der Waals surface area contributed by atoms with Gasteiger partial charge < -0.3 is 5.32 Å². The van der Waals surface area contributed by atoms with E-state index in [1.165, 1.54) is 24.2 Å². The lowest BCUT2D eigenvalue weighted by Gasteiger charge is -2.32. The van der Waals surface area contributed by atoms with Crippen LogP contribution in [0, 0.1) is 5.92 Å². The Morgan fingerprint density at radius 3 is 2.67 bits per heavy atom. The van der Waals surface area contributed by atoms with Crippen molar-refractivity contribution in [1.82, 2.24) is 20.4 Å². The molecule has 2 heterocycles. The van der Waals surface area contributed by atoms with E-state index in [-0.39, 0.29) is 0 Å². The SMILES string of the molecule is CC(C)N(Cc1nnc(Cl)s1)CC1CCNCC1. The fourth-order valence-corrected chi connectivity index (χ4v) is 3.22. The summed E-state index contributed by atoms with van der Waals surface area (Å²) >= 11 is 7.32. The first kappa shape index (κ1) is 14.2. The lowest BCUT2D eigenvalue weighted by atomic mass is 9.97. The van der Waals surface area contributed by atoms with Crippen molar-refractivity contribution in [1.29, 1.82) is 0 Å². The Kier molecular flexibility index (Phi) is 5.36. The van der Waals surface area contributed by atoms with Crippen molar-refractivity contribution < 1.29 is 0 Å². The quantitative estimate of drug-likeness (QED) is 0.903. The fraction of sp³-hybridized carbons (Fsp3) is 0.833. The molecular formula is C12H21ClN4S. The molecule has 0 aliphatic carbocycles. The van der Waals surface area contributed by atoms with Crippen molar-refractivity contribution in [2.75, 3.05) is 19.6 Å². The predicted molar refractivity (Wildman–Crippen MR) is 76.1 cm³/mol. The Hall–Kier alpha value is -0.230. The molecule has 102 valence electrons. The van der Waals surface area contributed by atoms with Gasteiger partial charge in [0.15, 0.2) is 0 Å². The molecule has 1 aromatic heterocycles. The summed E-state index contributed by atoms with van der Waals surface area (Å²) in [6.07, 6.45) is 2.56. The molecule has 0 unspecified atom stereocenters. The van der Waals surface area contributed by atoms with Gasteiger partial charge in [0.2, 0.25) is 4.47 Å². The highest BCUT2D eigenvalue weighted by molar-refractivity contribution is 7.15. The maximum absolute atomic E-state index is 5.83. The molecular weight excluding hydrogens is 268 g/mol. The van der Waals surface area contributed by atoms with Crippen LogP contribution in [0.25, 0.3) is 0 Å². The van der Waals surface area contributed by atoms with Crippen molar-refractivity contribution in [3.8, 4) is 0 Å². The Labute approximate surface area is 118 Å². The van der Waals surface area contributed by atoms with E-state index < -0.39 is 0 Å². The van der Waals surface area contributed by atoms with Crippen molar-refractivity contribution in [2.45, 2.75) is 39.3 Å². The molecule has 1 aliphatic heterocycles. The molecule has 0 aromatic carbocycles. The number of nitrogens with zero attached hydrogens (tertiary/aromatic N) is 3. The van der Waals surface area contributed by atoms with Crippen LogP contribution in [-0.4, -0.2) is 40.8 Å². The monoisotopic (exact) mass is 288 g/mol. The van der Waals surface area contributed by atoms with E-state index in [0.717, 1.165) is 37.1 Å². The van der Waals surface area contributed by atoms with Gasteiger partial charge in [-0.2, -0.15) is 0 Å². The largest absolute Gasteiger partial charge is 0.317 e. The molecule has 1 saturated heterocycles. The normalized spacial score (nSPS) is 17.8. The number of halogens is 1. The second-order valence-corrected chi connectivity index (χ2v) is 6.81. The second kappa shape index (κ2) is 6.80. The summed E-state index contributed by atoms with van der Waals surface area (Å²) in [5.41, 5.74) is 0. The van der Waals surface area contributed by atoms with E-state index in [9.17, 15) is 0 Å². The van der Waals surface area contributed by atoms with Gasteiger partial charge >= 0.3 is 0 Å². The summed E-state index contributed by atoms with van der Waals surface area (Å²) < 4.78 is 0.538. The minimum atomic E-state index is 0.530. The summed E-state index contributed by atoms with van der Waals surface area (Å²) in [6, 6.07) is 0.530. The Morgan fingerprint density at radius 2 is 2.11 bits per heavy atom. The second-order valence-electron chi connectivity index (χ2n) is 5.17. The lowest BCUT2D eigenvalue weighted by molar-refractivity contribution is 0.161. The van der Waals surface area contributed by atoms with Crippen LogP contribution >= 0.6 is 22.9 Å². The van der Waals surface area contributed by atoms with Gasteiger partial charge in [0.05, 0.1) is 6.54 Å². The van der Waals surface area contributed by atoms with Crippen molar-refractivity contribution in [3.05, 3.63) is 9.47 Å². The van der Waals surface area contributed by atoms with Crippen LogP contribution < -0.4 is 5.32 Å². The Morgan fingerprint density at radius 1 is 1.39 bits per heavy atom. The van der Waals surface area contributed by atoms with Crippen LogP contribution in [0.4, 0.5) is 0 Å². The molecule has 1 aromatic rings. The number of nitrogens with one attached hydrogen (secondary N) is 1. The summed E-state index contributed by atoms with van der Waals surface area (Å²) in [6.45, 7) is 8.80. The molecule has 1 fully saturated rings. The number of hydrogen-bond donors (Lipinski definition) is 1. The summed E-state index contributed by atoms with van der Waals surface area (Å²) in [4.78, 5) is 2.48. The first-order chi connectivity index (χ1) is 8.65. The third kappa shape index (κ3) is 4.16. The Balaban J connectivity index is 1.90. The zero-order chi connectivity index (χ0) is 13.0. The van der Waals surface area contributed by atoms with E-state index in [1.54, 1.807) is 0 Å². The van der Waals surface area contributed by atoms with Gasteiger partial charge in [-0.1, -0.05) is 11.3 Å². The molecule has 0 radical (unpaired) electrons. The molecule has 4 nitrogen and oxygen atoms in total. The molecule has 6 heteroatoms. The smallest absolute Gasteiger partial charge is 0.207 e. The van der Waals surface area contributed by atoms with Gasteiger partial charge in [-0.05, 0) is 57.3 Å². The zero-order valence-electron chi connectivity index (χ0n) is 11.0. The number of piperidine rings is 1. The molecule has 0 atom stereocenters. The molecule has 0 amide bonds. The molecule has 2 rings (SSSR count). The number of rotatable bonds is 5. The Bertz CT molecular complexity index is 363. The van der Waals surface area contributed by atoms with E-state index in [4.69, 9.17) is 11.6 Å². The highest BCUT2D eigenvalue weighted by Crippen LogP contribution is 2.20. The van der Waals surface area contributed by atoms with E-state index >= 15 is 0 Å². The van der Waals surface area contributed by atoms with Gasteiger partial charge in [-0.15, -0.1) is 10.2 Å². The van der Waals surface area contributed by atoms with Crippen LogP contribution in [0.2, 0.25) is 4.47 Å². The predicted octanol–water partition coefficient (Wildman–Crippen LogP) is 2.40. The van der Waals surface area contributed by atoms with Gasteiger partial charge in [-0.3, -0.25) is 4.90 Å². The summed E-state index contributed by atoms with van der Waals surface area (Å²) in [7, 11) is 0. The van der Waals surface area contributed by atoms with Crippen molar-refractivity contribution in [3.63, 3.8) is 0 Å². The van der Waals surface area contributed by atoms with Gasteiger partial charge in [-0.25, -0.2) is 0 Å². The maximum atomic E-state index is 5.83. The van der Waals surface area contributed by atoms with Crippen LogP contribution in [0.5, 0.6) is 0 Å². The highest BCUT2D eigenvalue weighted by Gasteiger charge is 2.20. The minimum absolute atomic E-state index is 0.530. The van der Waals surface area contributed by atoms with E-state index in [2.05, 4.69) is 34.3 Å². The summed E-state index contributed by atoms with van der Waals surface area (Å²) in [5, 5.41) is 12.4. The van der Waals surface area contributed by atoms with E-state index in [1.807, 2.05) is 0 Å². The van der Waals surface area contributed by atoms with Crippen molar-refractivity contribution >= 4 is 22.9 Å². The van der Waals surface area contributed by atoms with Crippen LogP contribution in [0.15, 0.2) is 0 Å². The van der Waals surface area contributed by atoms with Crippen LogP contribution in [-0.2, 0) is 6.54 Å². The first-order valence-electron chi connectivity index (χ1n) is 6.58. The molecule has 0 bridgehead atoms. The number of aromatic nitrogens is 2. The van der Waals surface area contributed by atoms with Gasteiger partial charge in [0, 0.05) is 12.6 Å². The standard InChI is InChI=1S/C12H21ClN4S/c1-9(2)17(7-10-3-5-14-6-4-10)8-11-15-16-12(13)18-11/h9-10,14H,3-8H2,1-2H3. The zero-order valence-corrected chi connectivity index (χ0v) is 12.6. The maximum Gasteiger partial charge on any atom is 0.207 e. The minimum Gasteiger partial charge on any atom is -0.317 e. The fourth-order valence-electron chi connectivity index (χ4n) is 2.32. The van der Waals surface area contributed by atoms with E-state index in [0.29, 0.717) is 10.5 Å². The summed E-state index contributed by atoms with van der Waals surface area (Å²) in [5.74, 6) is 0.803. The molecule has 1 N–H and O–H groups in total. The molecule has 0 saturated carbocycles. The third-order valence-electron chi connectivity index (χ3n) is 3.46. The topological polar surface area (TPSA) is 41.1 Å². The average molecular weight is 289 g/mol. The van der Waals surface area contributed by atoms with Gasteiger partial charge in [0.1, 0.15) is 5.01 Å². The highest BCUT2D eigenvalue weighted by atomic mass is 35.5. The first-order valence-corrected chi connectivity index (χ1v) is 7.77. The van der Waals surface area contributed by atoms with Crippen LogP contribution in [0.1, 0.15) is 31.7 Å². The molecule has 1 aliphatic rings. The van der Waals surface area contributed by atoms with Crippen LogP contribution in [0.3, 0.4) is 0 Å². The average Bonchev–Trinajstić information content (AvgIpc) is 2.75. The molecule has 0 spiro atoms. The molecule has 18 heavy (non-hydrogen) atoms.